The number of aryl methyl sites for hydroxylation is 1. The van der Waals surface area contributed by atoms with Gasteiger partial charge in [0.25, 0.3) is 5.91 Å². The number of Topliss-reactive ketones (excluding diaryl/α,β-unsaturated/α-hetero) is 1. The molecule has 1 heterocycles. The van der Waals surface area contributed by atoms with Gasteiger partial charge in [-0.3, -0.25) is 20.3 Å². The predicted molar refractivity (Wildman–Crippen MR) is 119 cm³/mol. The van der Waals surface area contributed by atoms with Crippen LogP contribution in [0.1, 0.15) is 42.2 Å². The number of aromatic nitrogens is 2. The minimum Gasteiger partial charge on any atom is -0.486 e. The number of amides is 1. The number of guanidine groups is 1. The Kier molecular flexibility index (Phi) is 9.01. The van der Waals surface area contributed by atoms with Crippen molar-refractivity contribution < 1.29 is 14.3 Å². The molecule has 166 valence electrons. The maximum absolute atomic E-state index is 12.1. The number of carbonyl (C=O) groups is 2. The summed E-state index contributed by atoms with van der Waals surface area (Å²) in [4.78, 5) is 30.9. The first-order chi connectivity index (χ1) is 14.8. The van der Waals surface area contributed by atoms with Gasteiger partial charge in [0.15, 0.2) is 34.2 Å². The molecule has 0 aliphatic heterocycles. The van der Waals surface area contributed by atoms with Crippen molar-refractivity contribution in [3.8, 4) is 5.75 Å². The van der Waals surface area contributed by atoms with E-state index in [0.717, 1.165) is 24.8 Å². The van der Waals surface area contributed by atoms with Gasteiger partial charge >= 0.3 is 0 Å². The van der Waals surface area contributed by atoms with Crippen LogP contribution in [0.4, 0.5) is 11.6 Å². The van der Waals surface area contributed by atoms with Crippen molar-refractivity contribution in [2.45, 2.75) is 32.6 Å². The van der Waals surface area contributed by atoms with Crippen molar-refractivity contribution in [1.29, 1.82) is 5.41 Å². The zero-order chi connectivity index (χ0) is 22.8. The second-order valence-corrected chi connectivity index (χ2v) is 7.03. The Balaban J connectivity index is 1.67. The normalized spacial score (nSPS) is 10.4. The van der Waals surface area contributed by atoms with E-state index in [1.807, 2.05) is 24.3 Å². The molecule has 0 atom stereocenters. The number of halogens is 1. The van der Waals surface area contributed by atoms with Crippen LogP contribution >= 0.6 is 11.6 Å². The number of hydrogen-bond acceptors (Lipinski definition) is 8. The van der Waals surface area contributed by atoms with E-state index in [9.17, 15) is 9.59 Å². The maximum atomic E-state index is 12.1. The lowest BCUT2D eigenvalue weighted by Gasteiger charge is -2.10. The largest absolute Gasteiger partial charge is 0.486 e. The summed E-state index contributed by atoms with van der Waals surface area (Å²) in [7, 11) is 0. The SMILES string of the molecule is CCC(=O)COc1ccc(CCCCNC(=N)NC(=O)c2nc(Cl)c(N)nc2N)cc1. The number of carbonyl (C=O) groups excluding carboxylic acids is 2. The first-order valence-corrected chi connectivity index (χ1v) is 10.1. The van der Waals surface area contributed by atoms with E-state index in [1.165, 1.54) is 0 Å². The van der Waals surface area contributed by atoms with E-state index in [0.29, 0.717) is 18.7 Å². The van der Waals surface area contributed by atoms with Crippen LogP contribution in [0.3, 0.4) is 0 Å². The van der Waals surface area contributed by atoms with Crippen molar-refractivity contribution in [3.63, 3.8) is 0 Å². The number of hydrogen-bond donors (Lipinski definition) is 5. The minimum atomic E-state index is -0.702. The van der Waals surface area contributed by atoms with Crippen LogP contribution in [-0.2, 0) is 11.2 Å². The number of ether oxygens (including phenoxy) is 1. The third-order valence-corrected chi connectivity index (χ3v) is 4.55. The lowest BCUT2D eigenvalue weighted by Crippen LogP contribution is -2.41. The number of unbranched alkanes of at least 4 members (excludes halogenated alkanes) is 1. The summed E-state index contributed by atoms with van der Waals surface area (Å²) in [5.41, 5.74) is 12.0. The highest BCUT2D eigenvalue weighted by Crippen LogP contribution is 2.17. The Hall–Kier alpha value is -3.40. The smallest absolute Gasteiger partial charge is 0.280 e. The van der Waals surface area contributed by atoms with Gasteiger partial charge < -0.3 is 21.5 Å². The Bertz CT molecular complexity index is 935. The Morgan fingerprint density at radius 1 is 1.13 bits per heavy atom. The molecule has 0 spiro atoms. The first kappa shape index (κ1) is 23.9. The number of benzene rings is 1. The van der Waals surface area contributed by atoms with Crippen molar-refractivity contribution >= 4 is 40.9 Å². The molecule has 0 saturated carbocycles. The topological polar surface area (TPSA) is 169 Å². The number of nitrogen functional groups attached to an aromatic ring is 2. The molecule has 2 rings (SSSR count). The zero-order valence-electron chi connectivity index (χ0n) is 17.2. The van der Waals surface area contributed by atoms with Crippen LogP contribution in [0.15, 0.2) is 24.3 Å². The Morgan fingerprint density at radius 2 is 1.84 bits per heavy atom. The summed E-state index contributed by atoms with van der Waals surface area (Å²) in [6.45, 7) is 2.40. The average molecular weight is 448 g/mol. The third kappa shape index (κ3) is 7.74. The molecule has 7 N–H and O–H groups in total. The fraction of sp³-hybridized carbons (Fsp3) is 0.350. The van der Waals surface area contributed by atoms with Gasteiger partial charge in [-0.15, -0.1) is 0 Å². The summed E-state index contributed by atoms with van der Waals surface area (Å²) in [5.74, 6) is -0.385. The number of rotatable bonds is 10. The Labute approximate surface area is 185 Å². The Morgan fingerprint density at radius 3 is 2.52 bits per heavy atom. The fourth-order valence-corrected chi connectivity index (χ4v) is 2.64. The van der Waals surface area contributed by atoms with Gasteiger partial charge in [-0.2, -0.15) is 0 Å². The molecule has 0 radical (unpaired) electrons. The molecule has 0 fully saturated rings. The maximum Gasteiger partial charge on any atom is 0.280 e. The number of anilines is 2. The molecular formula is C20H26ClN7O3. The van der Waals surface area contributed by atoms with Crippen LogP contribution < -0.4 is 26.8 Å². The third-order valence-electron chi connectivity index (χ3n) is 4.27. The zero-order valence-corrected chi connectivity index (χ0v) is 18.0. The molecule has 10 nitrogen and oxygen atoms in total. The van der Waals surface area contributed by atoms with Crippen molar-refractivity contribution in [1.82, 2.24) is 20.6 Å². The number of ketones is 1. The van der Waals surface area contributed by atoms with E-state index in [-0.39, 0.29) is 40.8 Å². The highest BCUT2D eigenvalue weighted by Gasteiger charge is 2.16. The second kappa shape index (κ2) is 11.7. The summed E-state index contributed by atoms with van der Waals surface area (Å²) < 4.78 is 5.42. The molecular weight excluding hydrogens is 422 g/mol. The fourth-order valence-electron chi connectivity index (χ4n) is 2.51. The molecule has 1 aromatic carbocycles. The average Bonchev–Trinajstić information content (AvgIpc) is 2.75. The van der Waals surface area contributed by atoms with Crippen LogP contribution in [0.5, 0.6) is 5.75 Å². The van der Waals surface area contributed by atoms with Gasteiger partial charge in [-0.25, -0.2) is 9.97 Å². The van der Waals surface area contributed by atoms with Crippen LogP contribution in [0.25, 0.3) is 0 Å². The molecule has 1 amide bonds. The van der Waals surface area contributed by atoms with Gasteiger partial charge in [0.1, 0.15) is 12.4 Å². The number of nitrogens with one attached hydrogen (secondary N) is 3. The number of nitrogens with two attached hydrogens (primary N) is 2. The van der Waals surface area contributed by atoms with Crippen LogP contribution in [0.2, 0.25) is 5.15 Å². The van der Waals surface area contributed by atoms with E-state index < -0.39 is 5.91 Å². The quantitative estimate of drug-likeness (QED) is 0.209. The molecule has 11 heteroatoms. The van der Waals surface area contributed by atoms with Crippen LogP contribution in [0, 0.1) is 5.41 Å². The highest BCUT2D eigenvalue weighted by atomic mass is 35.5. The predicted octanol–water partition coefficient (Wildman–Crippen LogP) is 1.93. The second-order valence-electron chi connectivity index (χ2n) is 6.67. The van der Waals surface area contributed by atoms with Crippen LogP contribution in [-0.4, -0.2) is 40.8 Å². The van der Waals surface area contributed by atoms with E-state index in [2.05, 4.69) is 20.6 Å². The van der Waals surface area contributed by atoms with Gasteiger partial charge in [0, 0.05) is 13.0 Å². The standard InChI is InChI=1S/C20H26ClN7O3/c1-2-13(29)11-31-14-8-6-12(7-9-14)5-3-4-10-25-20(24)28-19(30)15-17(22)27-18(23)16(21)26-15/h6-9H,2-5,10-11H2,1H3,(H4,22,23,27)(H3,24,25,28,30). The van der Waals surface area contributed by atoms with Crippen molar-refractivity contribution in [2.75, 3.05) is 24.6 Å². The molecule has 1 aromatic heterocycles. The number of nitrogens with zero attached hydrogens (tertiary/aromatic N) is 2. The van der Waals surface area contributed by atoms with Gasteiger partial charge in [0.05, 0.1) is 0 Å². The molecule has 0 aliphatic rings. The van der Waals surface area contributed by atoms with Gasteiger partial charge in [-0.05, 0) is 37.0 Å². The summed E-state index contributed by atoms with van der Waals surface area (Å²) in [6.07, 6.45) is 2.99. The summed E-state index contributed by atoms with van der Waals surface area (Å²) in [6, 6.07) is 7.62. The molecule has 0 bridgehead atoms. The lowest BCUT2D eigenvalue weighted by atomic mass is 10.1. The van der Waals surface area contributed by atoms with Gasteiger partial charge in [0.2, 0.25) is 0 Å². The lowest BCUT2D eigenvalue weighted by molar-refractivity contribution is -0.120. The molecule has 2 aromatic rings. The molecule has 31 heavy (non-hydrogen) atoms. The summed E-state index contributed by atoms with van der Waals surface area (Å²) in [5, 5.41) is 12.8. The highest BCUT2D eigenvalue weighted by molar-refractivity contribution is 6.31. The van der Waals surface area contributed by atoms with E-state index >= 15 is 0 Å². The van der Waals surface area contributed by atoms with E-state index in [4.69, 9.17) is 33.2 Å². The van der Waals surface area contributed by atoms with Crippen molar-refractivity contribution in [2.24, 2.45) is 0 Å². The minimum absolute atomic E-state index is 0.0620. The van der Waals surface area contributed by atoms with E-state index in [1.54, 1.807) is 6.92 Å². The monoisotopic (exact) mass is 447 g/mol. The van der Waals surface area contributed by atoms with Gasteiger partial charge in [-0.1, -0.05) is 30.7 Å². The molecule has 0 saturated heterocycles. The molecule has 0 aliphatic carbocycles. The van der Waals surface area contributed by atoms with Crippen molar-refractivity contribution in [3.05, 3.63) is 40.7 Å². The summed E-state index contributed by atoms with van der Waals surface area (Å²) >= 11 is 5.75. The molecule has 0 unspecified atom stereocenters. The first-order valence-electron chi connectivity index (χ1n) is 9.75.